The molecule has 1 N–H and O–H groups in total. The lowest BCUT2D eigenvalue weighted by atomic mass is 10.1. The average Bonchev–Trinajstić information content (AvgIpc) is 2.98. The highest BCUT2D eigenvalue weighted by Crippen LogP contribution is 2.26. The van der Waals surface area contributed by atoms with E-state index in [-0.39, 0.29) is 12.4 Å². The fourth-order valence-electron chi connectivity index (χ4n) is 2.49. The third-order valence-electron chi connectivity index (χ3n) is 3.60. The van der Waals surface area contributed by atoms with Crippen molar-refractivity contribution in [1.82, 2.24) is 15.0 Å². The first kappa shape index (κ1) is 14.4. The molecule has 0 aliphatic rings. The molecule has 4 aromatic rings. The molecule has 0 atom stereocenters. The molecule has 0 radical (unpaired) electrons. The van der Waals surface area contributed by atoms with E-state index in [1.807, 2.05) is 18.2 Å². The number of methoxy groups -OCH3 is 1. The maximum absolute atomic E-state index is 5.25. The summed E-state index contributed by atoms with van der Waals surface area (Å²) in [5.41, 5.74) is 2.93. The minimum Gasteiger partial charge on any atom is -0.497 e. The molecule has 0 saturated carbocycles. The Labute approximate surface area is 133 Å². The summed E-state index contributed by atoms with van der Waals surface area (Å²) in [5, 5.41) is 2.31. The molecule has 2 aromatic heterocycles. The number of rotatable bonds is 2. The minimum atomic E-state index is 0. The molecule has 0 bridgehead atoms. The van der Waals surface area contributed by atoms with Crippen LogP contribution in [0.1, 0.15) is 0 Å². The zero-order valence-corrected chi connectivity index (χ0v) is 12.7. The van der Waals surface area contributed by atoms with Crippen LogP contribution in [0.4, 0.5) is 0 Å². The van der Waals surface area contributed by atoms with Crippen LogP contribution in [-0.2, 0) is 0 Å². The van der Waals surface area contributed by atoms with Crippen LogP contribution in [0.15, 0.2) is 54.9 Å². The molecule has 0 saturated heterocycles. The van der Waals surface area contributed by atoms with Gasteiger partial charge in [0.15, 0.2) is 0 Å². The number of imidazole rings is 1. The smallest absolute Gasteiger partial charge is 0.138 e. The van der Waals surface area contributed by atoms with Crippen LogP contribution in [0.2, 0.25) is 0 Å². The van der Waals surface area contributed by atoms with Crippen LogP contribution in [0, 0.1) is 0 Å². The third-order valence-corrected chi connectivity index (χ3v) is 3.60. The molecule has 5 heteroatoms. The standard InChI is InChI=1S/C17H13N3O.ClH/c1-21-14-5-4-11-8-13(3-2-12(11)9-14)17-19-15-6-7-18-10-16(15)20-17;/h2-10H,1H3,(H,19,20);1H. The number of nitrogens with zero attached hydrogens (tertiary/aromatic N) is 2. The van der Waals surface area contributed by atoms with Gasteiger partial charge in [0.1, 0.15) is 11.6 Å². The molecule has 4 nitrogen and oxygen atoms in total. The van der Waals surface area contributed by atoms with E-state index in [0.29, 0.717) is 0 Å². The number of pyridine rings is 1. The molecule has 4 rings (SSSR count). The minimum absolute atomic E-state index is 0. The molecule has 0 aliphatic carbocycles. The van der Waals surface area contributed by atoms with Crippen molar-refractivity contribution in [2.24, 2.45) is 0 Å². The van der Waals surface area contributed by atoms with Crippen LogP contribution in [0.3, 0.4) is 0 Å². The summed E-state index contributed by atoms with van der Waals surface area (Å²) in [6.07, 6.45) is 3.54. The van der Waals surface area contributed by atoms with E-state index in [2.05, 4.69) is 39.2 Å². The summed E-state index contributed by atoms with van der Waals surface area (Å²) in [6.45, 7) is 0. The Morgan fingerprint density at radius 1 is 1.00 bits per heavy atom. The number of nitrogens with one attached hydrogen (secondary N) is 1. The number of aromatic amines is 1. The number of hydrogen-bond donors (Lipinski definition) is 1. The van der Waals surface area contributed by atoms with E-state index in [4.69, 9.17) is 4.74 Å². The van der Waals surface area contributed by atoms with Crippen LogP contribution >= 0.6 is 12.4 Å². The fourth-order valence-corrected chi connectivity index (χ4v) is 2.49. The number of fused-ring (bicyclic) bond motifs is 2. The van der Waals surface area contributed by atoms with Crippen molar-refractivity contribution in [3.8, 4) is 17.1 Å². The van der Waals surface area contributed by atoms with E-state index in [1.54, 1.807) is 19.5 Å². The summed E-state index contributed by atoms with van der Waals surface area (Å²) in [6, 6.07) is 14.2. The van der Waals surface area contributed by atoms with Crippen molar-refractivity contribution in [3.05, 3.63) is 54.9 Å². The number of hydrogen-bond acceptors (Lipinski definition) is 3. The number of halogens is 1. The second kappa shape index (κ2) is 5.66. The maximum atomic E-state index is 5.25. The second-order valence-electron chi connectivity index (χ2n) is 4.91. The molecule has 2 aromatic carbocycles. The lowest BCUT2D eigenvalue weighted by Crippen LogP contribution is -1.84. The first-order chi connectivity index (χ1) is 10.3. The summed E-state index contributed by atoms with van der Waals surface area (Å²) in [7, 11) is 1.68. The molecule has 2 heterocycles. The highest BCUT2D eigenvalue weighted by molar-refractivity contribution is 5.88. The molecular weight excluding hydrogens is 298 g/mol. The zero-order valence-electron chi connectivity index (χ0n) is 11.9. The van der Waals surface area contributed by atoms with Gasteiger partial charge in [0.25, 0.3) is 0 Å². The van der Waals surface area contributed by atoms with Gasteiger partial charge in [-0.2, -0.15) is 0 Å². The largest absolute Gasteiger partial charge is 0.497 e. The quantitative estimate of drug-likeness (QED) is 0.603. The van der Waals surface area contributed by atoms with Gasteiger partial charge in [0, 0.05) is 11.8 Å². The Hall–Kier alpha value is -2.59. The molecule has 22 heavy (non-hydrogen) atoms. The van der Waals surface area contributed by atoms with Crippen LogP contribution in [0.5, 0.6) is 5.75 Å². The molecule has 0 fully saturated rings. The van der Waals surface area contributed by atoms with Crippen LogP contribution < -0.4 is 4.74 Å². The Bertz CT molecular complexity index is 916. The second-order valence-corrected chi connectivity index (χ2v) is 4.91. The van der Waals surface area contributed by atoms with Gasteiger partial charge in [-0.05, 0) is 35.0 Å². The summed E-state index contributed by atoms with van der Waals surface area (Å²) in [5.74, 6) is 1.72. The van der Waals surface area contributed by atoms with Crippen LogP contribution in [-0.4, -0.2) is 22.1 Å². The van der Waals surface area contributed by atoms with Gasteiger partial charge in [-0.1, -0.05) is 18.2 Å². The van der Waals surface area contributed by atoms with Crippen molar-refractivity contribution in [1.29, 1.82) is 0 Å². The van der Waals surface area contributed by atoms with Gasteiger partial charge < -0.3 is 9.72 Å². The number of benzene rings is 2. The zero-order chi connectivity index (χ0) is 14.2. The van der Waals surface area contributed by atoms with Crippen molar-refractivity contribution >= 4 is 34.2 Å². The maximum Gasteiger partial charge on any atom is 0.138 e. The highest BCUT2D eigenvalue weighted by atomic mass is 35.5. The Balaban J connectivity index is 0.00000144. The average molecular weight is 312 g/mol. The topological polar surface area (TPSA) is 50.8 Å². The summed E-state index contributed by atoms with van der Waals surface area (Å²) < 4.78 is 5.25. The third kappa shape index (κ3) is 2.38. The fraction of sp³-hybridized carbons (Fsp3) is 0.0588. The van der Waals surface area contributed by atoms with Gasteiger partial charge in [-0.3, -0.25) is 4.98 Å². The van der Waals surface area contributed by atoms with Crippen molar-refractivity contribution in [2.75, 3.05) is 7.11 Å². The van der Waals surface area contributed by atoms with Crippen LogP contribution in [0.25, 0.3) is 33.2 Å². The van der Waals surface area contributed by atoms with Crippen molar-refractivity contribution < 1.29 is 4.74 Å². The SMILES string of the molecule is COc1ccc2cc(-c3nc4ccncc4[nH]3)ccc2c1.Cl. The number of aromatic nitrogens is 3. The van der Waals surface area contributed by atoms with E-state index in [1.165, 1.54) is 0 Å². The molecule has 110 valence electrons. The Kier molecular flexibility index (Phi) is 3.69. The van der Waals surface area contributed by atoms with Gasteiger partial charge in [-0.15, -0.1) is 12.4 Å². The van der Waals surface area contributed by atoms with E-state index < -0.39 is 0 Å². The lowest BCUT2D eigenvalue weighted by molar-refractivity contribution is 0.415. The highest BCUT2D eigenvalue weighted by Gasteiger charge is 2.06. The lowest BCUT2D eigenvalue weighted by Gasteiger charge is -2.04. The van der Waals surface area contributed by atoms with Crippen molar-refractivity contribution in [2.45, 2.75) is 0 Å². The monoisotopic (exact) mass is 311 g/mol. The van der Waals surface area contributed by atoms with E-state index in [0.717, 1.165) is 38.9 Å². The molecular formula is C17H14ClN3O. The first-order valence-corrected chi connectivity index (χ1v) is 6.71. The van der Waals surface area contributed by atoms with Crippen molar-refractivity contribution in [3.63, 3.8) is 0 Å². The predicted octanol–water partition coefficient (Wildman–Crippen LogP) is 4.21. The van der Waals surface area contributed by atoms with Gasteiger partial charge in [-0.25, -0.2) is 4.98 Å². The van der Waals surface area contributed by atoms with E-state index in [9.17, 15) is 0 Å². The first-order valence-electron chi connectivity index (χ1n) is 6.71. The van der Waals surface area contributed by atoms with Gasteiger partial charge in [0.2, 0.25) is 0 Å². The predicted molar refractivity (Wildman–Crippen MR) is 90.6 cm³/mol. The number of H-pyrrole nitrogens is 1. The Morgan fingerprint density at radius 3 is 2.64 bits per heavy atom. The normalized spacial score (nSPS) is 10.6. The molecule has 0 unspecified atom stereocenters. The summed E-state index contributed by atoms with van der Waals surface area (Å²) in [4.78, 5) is 12.0. The van der Waals surface area contributed by atoms with Gasteiger partial charge in [0.05, 0.1) is 24.3 Å². The van der Waals surface area contributed by atoms with Gasteiger partial charge >= 0.3 is 0 Å². The Morgan fingerprint density at radius 2 is 1.82 bits per heavy atom. The van der Waals surface area contributed by atoms with E-state index >= 15 is 0 Å². The molecule has 0 amide bonds. The molecule has 0 aliphatic heterocycles. The molecule has 0 spiro atoms. The summed E-state index contributed by atoms with van der Waals surface area (Å²) >= 11 is 0. The number of ether oxygens (including phenoxy) is 1.